The van der Waals surface area contributed by atoms with Crippen LogP contribution in [0.1, 0.15) is 23.6 Å². The van der Waals surface area contributed by atoms with Crippen molar-refractivity contribution >= 4 is 34.9 Å². The molecule has 0 saturated carbocycles. The quantitative estimate of drug-likeness (QED) is 0.841. The highest BCUT2D eigenvalue weighted by Crippen LogP contribution is 2.37. The van der Waals surface area contributed by atoms with Gasteiger partial charge in [-0.15, -0.1) is 0 Å². The molecule has 1 aromatic heterocycles. The fourth-order valence-corrected chi connectivity index (χ4v) is 3.23. The van der Waals surface area contributed by atoms with Gasteiger partial charge in [0.2, 0.25) is 5.95 Å². The second kappa shape index (κ2) is 5.84. The van der Waals surface area contributed by atoms with Crippen molar-refractivity contribution in [1.29, 1.82) is 0 Å². The van der Waals surface area contributed by atoms with Crippen molar-refractivity contribution in [3.8, 4) is 0 Å². The van der Waals surface area contributed by atoms with E-state index in [4.69, 9.17) is 5.73 Å². The van der Waals surface area contributed by atoms with Crippen LogP contribution in [0.25, 0.3) is 11.6 Å². The molecule has 0 saturated heterocycles. The van der Waals surface area contributed by atoms with Crippen LogP contribution >= 0.6 is 0 Å². The number of hydrogen-bond donors (Lipinski definition) is 2. The number of aryl methyl sites for hydroxylation is 1. The normalized spacial score (nSPS) is 15.4. The zero-order valence-corrected chi connectivity index (χ0v) is 14.2. The molecule has 0 aliphatic carbocycles. The van der Waals surface area contributed by atoms with Crippen molar-refractivity contribution in [2.24, 2.45) is 4.99 Å². The Morgan fingerprint density at radius 1 is 1.36 bits per heavy atom. The van der Waals surface area contributed by atoms with Crippen molar-refractivity contribution in [1.82, 2.24) is 9.97 Å². The van der Waals surface area contributed by atoms with Gasteiger partial charge in [-0.05, 0) is 43.2 Å². The lowest BCUT2D eigenvalue weighted by Gasteiger charge is -2.28. The zero-order valence-electron chi connectivity index (χ0n) is 14.2. The van der Waals surface area contributed by atoms with Gasteiger partial charge in [0.05, 0.1) is 12.2 Å². The summed E-state index contributed by atoms with van der Waals surface area (Å²) in [5.41, 5.74) is 9.47. The van der Waals surface area contributed by atoms with E-state index >= 15 is 0 Å². The SMILES string of the molecule is CCNc1ncc2c(n1)N1CCN=C1C(c1cc(N)c(F)cc1C)=C2. The molecular formula is C18H19FN6. The number of amidine groups is 1. The van der Waals surface area contributed by atoms with E-state index in [-0.39, 0.29) is 5.69 Å². The van der Waals surface area contributed by atoms with Crippen LogP contribution in [0, 0.1) is 12.7 Å². The van der Waals surface area contributed by atoms with Gasteiger partial charge < -0.3 is 16.0 Å². The summed E-state index contributed by atoms with van der Waals surface area (Å²) in [6.07, 6.45) is 3.81. The van der Waals surface area contributed by atoms with Crippen molar-refractivity contribution in [2.75, 3.05) is 35.6 Å². The molecule has 0 amide bonds. The van der Waals surface area contributed by atoms with E-state index in [9.17, 15) is 4.39 Å². The molecule has 2 aliphatic rings. The molecule has 0 spiro atoms. The number of nitrogen functional groups attached to an aromatic ring is 1. The highest BCUT2D eigenvalue weighted by Gasteiger charge is 2.31. The second-order valence-corrected chi connectivity index (χ2v) is 6.11. The molecule has 3 N–H and O–H groups in total. The molecule has 0 bridgehead atoms. The molecule has 4 rings (SSSR count). The van der Waals surface area contributed by atoms with Crippen LogP contribution in [-0.4, -0.2) is 35.4 Å². The predicted octanol–water partition coefficient (Wildman–Crippen LogP) is 2.71. The molecule has 3 heterocycles. The number of benzene rings is 1. The maximum Gasteiger partial charge on any atom is 0.224 e. The minimum atomic E-state index is -0.401. The number of nitrogens with zero attached hydrogens (tertiary/aromatic N) is 4. The van der Waals surface area contributed by atoms with Gasteiger partial charge in [0, 0.05) is 30.4 Å². The van der Waals surface area contributed by atoms with Gasteiger partial charge in [0.25, 0.3) is 0 Å². The Labute approximate surface area is 145 Å². The van der Waals surface area contributed by atoms with Gasteiger partial charge in [0.15, 0.2) is 0 Å². The summed E-state index contributed by atoms with van der Waals surface area (Å²) in [5.74, 6) is 1.90. The number of halogens is 1. The van der Waals surface area contributed by atoms with E-state index in [0.29, 0.717) is 12.5 Å². The first-order valence-electron chi connectivity index (χ1n) is 8.29. The smallest absolute Gasteiger partial charge is 0.224 e. The van der Waals surface area contributed by atoms with Crippen LogP contribution in [0.3, 0.4) is 0 Å². The lowest BCUT2D eigenvalue weighted by Crippen LogP contribution is -2.32. The first-order chi connectivity index (χ1) is 12.1. The Hall–Kier alpha value is -2.96. The lowest BCUT2D eigenvalue weighted by atomic mass is 9.94. The van der Waals surface area contributed by atoms with Crippen molar-refractivity contribution in [3.05, 3.63) is 40.8 Å². The van der Waals surface area contributed by atoms with Crippen LogP contribution in [0.2, 0.25) is 0 Å². The number of nitrogens with two attached hydrogens (primary N) is 1. The second-order valence-electron chi connectivity index (χ2n) is 6.11. The number of hydrogen-bond acceptors (Lipinski definition) is 6. The Kier molecular flexibility index (Phi) is 3.63. The maximum atomic E-state index is 13.7. The molecule has 7 heteroatoms. The third-order valence-corrected chi connectivity index (χ3v) is 4.40. The molecule has 6 nitrogen and oxygen atoms in total. The maximum absolute atomic E-state index is 13.7. The molecule has 0 fully saturated rings. The van der Waals surface area contributed by atoms with Crippen LogP contribution in [0.5, 0.6) is 0 Å². The Morgan fingerprint density at radius 2 is 2.20 bits per heavy atom. The van der Waals surface area contributed by atoms with E-state index in [2.05, 4.69) is 25.2 Å². The fourth-order valence-electron chi connectivity index (χ4n) is 3.23. The van der Waals surface area contributed by atoms with Crippen LogP contribution in [0.15, 0.2) is 23.3 Å². The summed E-state index contributed by atoms with van der Waals surface area (Å²) in [7, 11) is 0. The van der Waals surface area contributed by atoms with E-state index in [1.54, 1.807) is 12.3 Å². The Bertz CT molecular complexity index is 918. The van der Waals surface area contributed by atoms with Gasteiger partial charge in [-0.25, -0.2) is 9.37 Å². The van der Waals surface area contributed by atoms with Gasteiger partial charge in [0.1, 0.15) is 17.5 Å². The van der Waals surface area contributed by atoms with E-state index in [1.807, 2.05) is 19.9 Å². The molecule has 25 heavy (non-hydrogen) atoms. The molecule has 0 atom stereocenters. The summed E-state index contributed by atoms with van der Waals surface area (Å²) < 4.78 is 13.7. The number of aromatic nitrogens is 2. The average molecular weight is 338 g/mol. The summed E-state index contributed by atoms with van der Waals surface area (Å²) in [4.78, 5) is 15.7. The van der Waals surface area contributed by atoms with Gasteiger partial charge in [-0.3, -0.25) is 4.99 Å². The van der Waals surface area contributed by atoms with Crippen molar-refractivity contribution < 1.29 is 4.39 Å². The van der Waals surface area contributed by atoms with Crippen molar-refractivity contribution in [2.45, 2.75) is 13.8 Å². The largest absolute Gasteiger partial charge is 0.396 e. The zero-order chi connectivity index (χ0) is 17.6. The fraction of sp³-hybridized carbons (Fsp3) is 0.278. The molecule has 128 valence electrons. The summed E-state index contributed by atoms with van der Waals surface area (Å²) in [6.45, 7) is 6.10. The first kappa shape index (κ1) is 15.6. The number of aliphatic imine (C=N–C) groups is 1. The minimum absolute atomic E-state index is 0.135. The van der Waals surface area contributed by atoms with Gasteiger partial charge in [-0.2, -0.15) is 4.98 Å². The molecule has 1 aromatic carbocycles. The molecule has 0 unspecified atom stereocenters. The van der Waals surface area contributed by atoms with Gasteiger partial charge in [-0.1, -0.05) is 0 Å². The third-order valence-electron chi connectivity index (χ3n) is 4.40. The predicted molar refractivity (Wildman–Crippen MR) is 99.3 cm³/mol. The third kappa shape index (κ3) is 2.52. The van der Waals surface area contributed by atoms with Crippen LogP contribution < -0.4 is 16.0 Å². The molecule has 2 aromatic rings. The van der Waals surface area contributed by atoms with E-state index < -0.39 is 5.82 Å². The number of nitrogens with one attached hydrogen (secondary N) is 1. The number of fused-ring (bicyclic) bond motifs is 3. The highest BCUT2D eigenvalue weighted by atomic mass is 19.1. The lowest BCUT2D eigenvalue weighted by molar-refractivity contribution is 0.631. The number of anilines is 3. The van der Waals surface area contributed by atoms with Crippen molar-refractivity contribution in [3.63, 3.8) is 0 Å². The van der Waals surface area contributed by atoms with Crippen LogP contribution in [-0.2, 0) is 0 Å². The average Bonchev–Trinajstić information content (AvgIpc) is 3.08. The minimum Gasteiger partial charge on any atom is -0.396 e. The Morgan fingerprint density at radius 3 is 3.00 bits per heavy atom. The topological polar surface area (TPSA) is 79.4 Å². The van der Waals surface area contributed by atoms with Crippen LogP contribution in [0.4, 0.5) is 21.8 Å². The van der Waals surface area contributed by atoms with Gasteiger partial charge >= 0.3 is 0 Å². The number of rotatable bonds is 3. The summed E-state index contributed by atoms with van der Waals surface area (Å²) >= 11 is 0. The highest BCUT2D eigenvalue weighted by molar-refractivity contribution is 6.36. The summed E-state index contributed by atoms with van der Waals surface area (Å²) in [5, 5.41) is 3.14. The Balaban J connectivity index is 1.88. The molecular weight excluding hydrogens is 319 g/mol. The molecule has 0 radical (unpaired) electrons. The monoisotopic (exact) mass is 338 g/mol. The molecule has 2 aliphatic heterocycles. The first-order valence-corrected chi connectivity index (χ1v) is 8.29. The van der Waals surface area contributed by atoms with E-state index in [1.165, 1.54) is 6.07 Å². The standard InChI is InChI=1S/C18H19FN6/c1-3-21-18-23-9-11-7-13(12-8-15(20)14(19)6-10(12)2)17-22-4-5-25(17)16(11)24-18/h6-9H,3-5,20H2,1-2H3,(H,21,23,24). The van der Waals surface area contributed by atoms with E-state index in [0.717, 1.165) is 47.0 Å². The summed E-state index contributed by atoms with van der Waals surface area (Å²) in [6, 6.07) is 3.14.